The van der Waals surface area contributed by atoms with Crippen molar-refractivity contribution in [3.63, 3.8) is 0 Å². The normalized spacial score (nSPS) is 13.9. The van der Waals surface area contributed by atoms with Gasteiger partial charge in [-0.2, -0.15) is 0 Å². The second kappa shape index (κ2) is 7.04. The molecule has 1 aromatic rings. The van der Waals surface area contributed by atoms with E-state index in [4.69, 9.17) is 4.74 Å². The maximum Gasteiger partial charge on any atom is 0.309 e. The lowest BCUT2D eigenvalue weighted by molar-refractivity contribution is -0.149. The molecular formula is C15H22O3. The highest BCUT2D eigenvalue weighted by Crippen LogP contribution is 2.29. The maximum absolute atomic E-state index is 11.2. The molecule has 0 aliphatic rings. The van der Waals surface area contributed by atoms with Crippen molar-refractivity contribution < 1.29 is 14.6 Å². The van der Waals surface area contributed by atoms with Crippen LogP contribution in [0.3, 0.4) is 0 Å². The van der Waals surface area contributed by atoms with Crippen LogP contribution in [0.15, 0.2) is 30.3 Å². The van der Waals surface area contributed by atoms with E-state index in [0.717, 1.165) is 18.6 Å². The van der Waals surface area contributed by atoms with E-state index in [9.17, 15) is 9.90 Å². The van der Waals surface area contributed by atoms with Gasteiger partial charge in [-0.05, 0) is 38.3 Å². The zero-order chi connectivity index (χ0) is 13.4. The molecular weight excluding hydrogens is 228 g/mol. The van der Waals surface area contributed by atoms with Gasteiger partial charge in [0.2, 0.25) is 0 Å². The number of carboxylic acids is 1. The highest BCUT2D eigenvalue weighted by Gasteiger charge is 2.31. The van der Waals surface area contributed by atoms with Crippen LogP contribution in [-0.4, -0.2) is 17.7 Å². The average molecular weight is 250 g/mol. The second-order valence-corrected chi connectivity index (χ2v) is 4.88. The van der Waals surface area contributed by atoms with E-state index in [0.29, 0.717) is 19.4 Å². The lowest BCUT2D eigenvalue weighted by atomic mass is 9.81. The van der Waals surface area contributed by atoms with Crippen LogP contribution in [0.5, 0.6) is 5.75 Å². The standard InChI is InChI=1S/C15H22O3/c1-3-10-15(2,14(16)17)11-7-12-18-13-8-5-4-6-9-13/h4-6,8-9H,3,7,10-12H2,1-2H3,(H,16,17). The highest BCUT2D eigenvalue weighted by atomic mass is 16.5. The first-order valence-electron chi connectivity index (χ1n) is 6.50. The van der Waals surface area contributed by atoms with Gasteiger partial charge in [0.1, 0.15) is 5.75 Å². The van der Waals surface area contributed by atoms with Gasteiger partial charge in [0.25, 0.3) is 0 Å². The third-order valence-corrected chi connectivity index (χ3v) is 3.20. The molecule has 0 spiro atoms. The smallest absolute Gasteiger partial charge is 0.309 e. The van der Waals surface area contributed by atoms with Gasteiger partial charge >= 0.3 is 5.97 Å². The molecule has 0 fully saturated rings. The summed E-state index contributed by atoms with van der Waals surface area (Å²) in [6, 6.07) is 9.60. The Morgan fingerprint density at radius 3 is 2.50 bits per heavy atom. The van der Waals surface area contributed by atoms with Gasteiger partial charge in [-0.15, -0.1) is 0 Å². The zero-order valence-corrected chi connectivity index (χ0v) is 11.2. The van der Waals surface area contributed by atoms with E-state index in [-0.39, 0.29) is 0 Å². The Labute approximate surface area is 109 Å². The number of rotatable bonds is 8. The van der Waals surface area contributed by atoms with Crippen molar-refractivity contribution in [2.45, 2.75) is 39.5 Å². The molecule has 1 rings (SSSR count). The van der Waals surface area contributed by atoms with Crippen molar-refractivity contribution in [2.24, 2.45) is 5.41 Å². The number of carboxylic acid groups (broad SMARTS) is 1. The summed E-state index contributed by atoms with van der Waals surface area (Å²) < 4.78 is 5.57. The third kappa shape index (κ3) is 4.40. The summed E-state index contributed by atoms with van der Waals surface area (Å²) in [5, 5.41) is 9.24. The van der Waals surface area contributed by atoms with Crippen LogP contribution in [0.1, 0.15) is 39.5 Å². The van der Waals surface area contributed by atoms with Gasteiger partial charge in [-0.25, -0.2) is 0 Å². The Kier molecular flexibility index (Phi) is 5.69. The van der Waals surface area contributed by atoms with Crippen molar-refractivity contribution >= 4 is 5.97 Å². The van der Waals surface area contributed by atoms with E-state index in [1.165, 1.54) is 0 Å². The molecule has 3 nitrogen and oxygen atoms in total. The van der Waals surface area contributed by atoms with Gasteiger partial charge in [-0.1, -0.05) is 31.5 Å². The van der Waals surface area contributed by atoms with E-state index < -0.39 is 11.4 Å². The quantitative estimate of drug-likeness (QED) is 0.715. The Hall–Kier alpha value is -1.51. The molecule has 0 amide bonds. The number of para-hydroxylation sites is 1. The van der Waals surface area contributed by atoms with Crippen molar-refractivity contribution in [1.82, 2.24) is 0 Å². The molecule has 1 N–H and O–H groups in total. The lowest BCUT2D eigenvalue weighted by Gasteiger charge is -2.24. The molecule has 0 radical (unpaired) electrons. The molecule has 18 heavy (non-hydrogen) atoms. The molecule has 1 atom stereocenters. The minimum absolute atomic E-state index is 0.566. The minimum atomic E-state index is -0.705. The van der Waals surface area contributed by atoms with Crippen LogP contribution in [0.25, 0.3) is 0 Å². The molecule has 0 aliphatic carbocycles. The molecule has 0 aliphatic heterocycles. The zero-order valence-electron chi connectivity index (χ0n) is 11.2. The van der Waals surface area contributed by atoms with Crippen molar-refractivity contribution in [2.75, 3.05) is 6.61 Å². The second-order valence-electron chi connectivity index (χ2n) is 4.88. The maximum atomic E-state index is 11.2. The van der Waals surface area contributed by atoms with Crippen molar-refractivity contribution in [3.8, 4) is 5.75 Å². The van der Waals surface area contributed by atoms with Gasteiger partial charge < -0.3 is 9.84 Å². The molecule has 0 saturated heterocycles. The molecule has 0 heterocycles. The monoisotopic (exact) mass is 250 g/mol. The minimum Gasteiger partial charge on any atom is -0.494 e. The van der Waals surface area contributed by atoms with Crippen LogP contribution in [-0.2, 0) is 4.79 Å². The summed E-state index contributed by atoms with van der Waals surface area (Å²) in [5.41, 5.74) is -0.616. The SMILES string of the molecule is CCCC(C)(CCCOc1ccccc1)C(=O)O. The fourth-order valence-corrected chi connectivity index (χ4v) is 2.06. The number of aliphatic carboxylic acids is 1. The summed E-state index contributed by atoms with van der Waals surface area (Å²) in [5.74, 6) is 0.133. The predicted octanol–water partition coefficient (Wildman–Crippen LogP) is 3.74. The molecule has 1 unspecified atom stereocenters. The van der Waals surface area contributed by atoms with Crippen molar-refractivity contribution in [3.05, 3.63) is 30.3 Å². The number of hydrogen-bond acceptors (Lipinski definition) is 2. The topological polar surface area (TPSA) is 46.5 Å². The highest BCUT2D eigenvalue weighted by molar-refractivity contribution is 5.74. The Bertz CT molecular complexity index is 361. The molecule has 1 aromatic carbocycles. The number of benzene rings is 1. The number of ether oxygens (including phenoxy) is 1. The van der Waals surface area contributed by atoms with Gasteiger partial charge in [0, 0.05) is 0 Å². The van der Waals surface area contributed by atoms with Gasteiger partial charge in [0.15, 0.2) is 0 Å². The first kappa shape index (κ1) is 14.6. The van der Waals surface area contributed by atoms with E-state index >= 15 is 0 Å². The molecule has 0 bridgehead atoms. The van der Waals surface area contributed by atoms with E-state index in [2.05, 4.69) is 0 Å². The molecule has 3 heteroatoms. The van der Waals surface area contributed by atoms with Crippen LogP contribution in [0, 0.1) is 5.41 Å². The Morgan fingerprint density at radius 2 is 1.94 bits per heavy atom. The summed E-state index contributed by atoms with van der Waals surface area (Å²) in [4.78, 5) is 11.2. The number of hydrogen-bond donors (Lipinski definition) is 1. The Balaban J connectivity index is 2.34. The van der Waals surface area contributed by atoms with Gasteiger partial charge in [0.05, 0.1) is 12.0 Å². The van der Waals surface area contributed by atoms with Crippen LogP contribution in [0.2, 0.25) is 0 Å². The van der Waals surface area contributed by atoms with Crippen LogP contribution >= 0.6 is 0 Å². The molecule has 0 aromatic heterocycles. The summed E-state index contributed by atoms with van der Waals surface area (Å²) >= 11 is 0. The fraction of sp³-hybridized carbons (Fsp3) is 0.533. The molecule has 100 valence electrons. The lowest BCUT2D eigenvalue weighted by Crippen LogP contribution is -2.27. The first-order chi connectivity index (χ1) is 8.58. The van der Waals surface area contributed by atoms with Crippen molar-refractivity contribution in [1.29, 1.82) is 0 Å². The van der Waals surface area contributed by atoms with Crippen LogP contribution < -0.4 is 4.74 Å². The third-order valence-electron chi connectivity index (χ3n) is 3.20. The first-order valence-corrected chi connectivity index (χ1v) is 6.50. The summed E-state index contributed by atoms with van der Waals surface area (Å²) in [6.07, 6.45) is 3.02. The predicted molar refractivity (Wildman–Crippen MR) is 71.8 cm³/mol. The molecule has 0 saturated carbocycles. The number of carbonyl (C=O) groups is 1. The van der Waals surface area contributed by atoms with Gasteiger partial charge in [-0.3, -0.25) is 4.79 Å². The largest absolute Gasteiger partial charge is 0.494 e. The van der Waals surface area contributed by atoms with E-state index in [1.807, 2.05) is 44.2 Å². The Morgan fingerprint density at radius 1 is 1.28 bits per heavy atom. The van der Waals surface area contributed by atoms with Crippen LogP contribution in [0.4, 0.5) is 0 Å². The average Bonchev–Trinajstić information content (AvgIpc) is 2.36. The summed E-state index contributed by atoms with van der Waals surface area (Å²) in [6.45, 7) is 4.40. The fourth-order valence-electron chi connectivity index (χ4n) is 2.06. The summed E-state index contributed by atoms with van der Waals surface area (Å²) in [7, 11) is 0. The van der Waals surface area contributed by atoms with E-state index in [1.54, 1.807) is 0 Å².